The van der Waals surface area contributed by atoms with E-state index >= 15 is 0 Å². The number of hydrogen-bond donors (Lipinski definition) is 1. The Labute approximate surface area is 119 Å². The lowest BCUT2D eigenvalue weighted by Gasteiger charge is -2.26. The second kappa shape index (κ2) is 8.59. The normalized spacial score (nSPS) is 22.6. The molecule has 0 aromatic heterocycles. The van der Waals surface area contributed by atoms with E-state index in [4.69, 9.17) is 0 Å². The topological polar surface area (TPSA) is 37.4 Å². The SMILES string of the molecule is CCCCCCCCN1C=C[N+](CCC)([SH](=O)=O)C1. The van der Waals surface area contributed by atoms with Gasteiger partial charge in [0.1, 0.15) is 6.20 Å². The third kappa shape index (κ3) is 5.15. The fourth-order valence-corrected chi connectivity index (χ4v) is 3.39. The molecule has 1 aliphatic rings. The zero-order chi connectivity index (χ0) is 14.1. The minimum Gasteiger partial charge on any atom is -0.325 e. The Morgan fingerprint density at radius 2 is 1.74 bits per heavy atom. The van der Waals surface area contributed by atoms with Crippen molar-refractivity contribution < 1.29 is 12.3 Å². The van der Waals surface area contributed by atoms with Crippen LogP contribution in [0.25, 0.3) is 0 Å². The van der Waals surface area contributed by atoms with Gasteiger partial charge in [-0.15, -0.1) is 0 Å². The standard InChI is InChI=1S/C14H29N2O2S/c1-3-5-6-7-8-9-10-15-11-13-16(14-15,12-4-2)19(17)18/h11,13,19H,3-10,12,14H2,1-2H3/q+1. The lowest BCUT2D eigenvalue weighted by atomic mass is 10.1. The van der Waals surface area contributed by atoms with Gasteiger partial charge in [0.05, 0.1) is 12.7 Å². The Hall–Kier alpha value is -0.550. The van der Waals surface area contributed by atoms with Crippen molar-refractivity contribution in [3.05, 3.63) is 12.4 Å². The first-order chi connectivity index (χ1) is 9.14. The average Bonchev–Trinajstić information content (AvgIpc) is 2.79. The first kappa shape index (κ1) is 16.5. The van der Waals surface area contributed by atoms with E-state index in [2.05, 4.69) is 11.8 Å². The molecule has 1 atom stereocenters. The van der Waals surface area contributed by atoms with Crippen molar-refractivity contribution in [3.63, 3.8) is 0 Å². The van der Waals surface area contributed by atoms with Gasteiger partial charge < -0.3 is 4.90 Å². The van der Waals surface area contributed by atoms with Gasteiger partial charge in [0.15, 0.2) is 6.67 Å². The van der Waals surface area contributed by atoms with Crippen LogP contribution in [-0.4, -0.2) is 37.0 Å². The van der Waals surface area contributed by atoms with Crippen molar-refractivity contribution >= 4 is 10.9 Å². The van der Waals surface area contributed by atoms with Crippen molar-refractivity contribution in [2.75, 3.05) is 19.8 Å². The van der Waals surface area contributed by atoms with Gasteiger partial charge in [-0.25, -0.2) is 0 Å². The summed E-state index contributed by atoms with van der Waals surface area (Å²) < 4.78 is 23.0. The van der Waals surface area contributed by atoms with Crippen molar-refractivity contribution in [1.82, 2.24) is 4.90 Å². The Kier molecular flexibility index (Phi) is 7.46. The summed E-state index contributed by atoms with van der Waals surface area (Å²) in [6.07, 6.45) is 12.3. The molecule has 0 aromatic rings. The number of rotatable bonds is 10. The molecule has 0 saturated heterocycles. The summed E-state index contributed by atoms with van der Waals surface area (Å²) in [7, 11) is -2.44. The van der Waals surface area contributed by atoms with Gasteiger partial charge in [-0.05, 0) is 12.8 Å². The maximum absolute atomic E-state index is 11.4. The second-order valence-corrected chi connectivity index (χ2v) is 6.74. The molecule has 4 nitrogen and oxygen atoms in total. The van der Waals surface area contributed by atoms with Crippen LogP contribution < -0.4 is 0 Å². The van der Waals surface area contributed by atoms with Crippen molar-refractivity contribution in [2.24, 2.45) is 0 Å². The molecule has 112 valence electrons. The number of nitrogens with zero attached hydrogens (tertiary/aromatic N) is 2. The monoisotopic (exact) mass is 289 g/mol. The van der Waals surface area contributed by atoms with Crippen LogP contribution in [-0.2, 0) is 10.9 Å². The van der Waals surface area contributed by atoms with Gasteiger partial charge in [0, 0.05) is 6.54 Å². The first-order valence-electron chi connectivity index (χ1n) is 7.59. The molecule has 0 saturated carbocycles. The summed E-state index contributed by atoms with van der Waals surface area (Å²) in [5, 5.41) is 0. The molecule has 0 bridgehead atoms. The van der Waals surface area contributed by atoms with Crippen LogP contribution in [0.1, 0.15) is 58.8 Å². The lowest BCUT2D eigenvalue weighted by molar-refractivity contribution is -0.750. The van der Waals surface area contributed by atoms with Crippen molar-refractivity contribution in [2.45, 2.75) is 58.8 Å². The highest BCUT2D eigenvalue weighted by Crippen LogP contribution is 2.20. The molecule has 1 heterocycles. The fraction of sp³-hybridized carbons (Fsp3) is 0.857. The Balaban J connectivity index is 2.26. The molecule has 0 spiro atoms. The summed E-state index contributed by atoms with van der Waals surface area (Å²) >= 11 is 0. The molecular weight excluding hydrogens is 260 g/mol. The largest absolute Gasteiger partial charge is 0.325 e. The molecule has 1 rings (SSSR count). The predicted octanol–water partition coefficient (Wildman–Crippen LogP) is 2.84. The van der Waals surface area contributed by atoms with Gasteiger partial charge in [0.2, 0.25) is 0 Å². The van der Waals surface area contributed by atoms with Crippen LogP contribution in [0.3, 0.4) is 0 Å². The molecule has 5 heteroatoms. The molecule has 0 radical (unpaired) electrons. The van der Waals surface area contributed by atoms with Crippen molar-refractivity contribution in [3.8, 4) is 0 Å². The van der Waals surface area contributed by atoms with E-state index in [9.17, 15) is 8.42 Å². The second-order valence-electron chi connectivity index (χ2n) is 5.47. The summed E-state index contributed by atoms with van der Waals surface area (Å²) in [6.45, 7) is 6.52. The third-order valence-corrected chi connectivity index (χ3v) is 4.83. The van der Waals surface area contributed by atoms with E-state index in [0.717, 1.165) is 19.4 Å². The highest BCUT2D eigenvalue weighted by molar-refractivity contribution is 7.66. The summed E-state index contributed by atoms with van der Waals surface area (Å²) in [4.78, 5) is 2.15. The molecular formula is C14H29N2O2S+. The van der Waals surface area contributed by atoms with E-state index in [0.29, 0.717) is 13.2 Å². The maximum Gasteiger partial charge on any atom is 0.292 e. The molecule has 0 amide bonds. The molecule has 0 aromatic carbocycles. The van der Waals surface area contributed by atoms with Crippen LogP contribution in [0.2, 0.25) is 0 Å². The molecule has 1 unspecified atom stereocenters. The lowest BCUT2D eigenvalue weighted by Crippen LogP contribution is -2.44. The zero-order valence-corrected chi connectivity index (χ0v) is 13.3. The Bertz CT molecular complexity index is 347. The van der Waals surface area contributed by atoms with Gasteiger partial charge in [-0.3, -0.25) is 0 Å². The zero-order valence-electron chi connectivity index (χ0n) is 12.4. The van der Waals surface area contributed by atoms with Crippen LogP contribution in [0.4, 0.5) is 0 Å². The van der Waals surface area contributed by atoms with Gasteiger partial charge >= 0.3 is 0 Å². The molecule has 19 heavy (non-hydrogen) atoms. The summed E-state index contributed by atoms with van der Waals surface area (Å²) in [5.74, 6) is 0. The van der Waals surface area contributed by atoms with Gasteiger partial charge in [0.25, 0.3) is 10.9 Å². The Morgan fingerprint density at radius 1 is 1.05 bits per heavy atom. The van der Waals surface area contributed by atoms with E-state index in [1.165, 1.54) is 32.1 Å². The number of unbranched alkanes of at least 4 members (excludes halogenated alkanes) is 5. The Morgan fingerprint density at radius 3 is 2.37 bits per heavy atom. The van der Waals surface area contributed by atoms with E-state index in [1.807, 2.05) is 19.3 Å². The molecule has 0 fully saturated rings. The highest BCUT2D eigenvalue weighted by atomic mass is 32.2. The molecule has 1 aliphatic heterocycles. The van der Waals surface area contributed by atoms with Crippen molar-refractivity contribution in [1.29, 1.82) is 0 Å². The molecule has 0 aliphatic carbocycles. The smallest absolute Gasteiger partial charge is 0.292 e. The van der Waals surface area contributed by atoms with Gasteiger partial charge in [-0.1, -0.05) is 46.0 Å². The molecule has 0 N–H and O–H groups in total. The van der Waals surface area contributed by atoms with Crippen LogP contribution in [0.5, 0.6) is 0 Å². The number of quaternary nitrogens is 1. The highest BCUT2D eigenvalue weighted by Gasteiger charge is 2.34. The first-order valence-corrected chi connectivity index (χ1v) is 8.72. The maximum atomic E-state index is 11.4. The quantitative estimate of drug-likeness (QED) is 0.382. The third-order valence-electron chi connectivity index (χ3n) is 3.72. The minimum atomic E-state index is -2.44. The van der Waals surface area contributed by atoms with Gasteiger partial charge in [-0.2, -0.15) is 12.3 Å². The summed E-state index contributed by atoms with van der Waals surface area (Å²) in [6, 6.07) is 0. The van der Waals surface area contributed by atoms with Crippen LogP contribution in [0.15, 0.2) is 12.4 Å². The number of hydrogen-bond acceptors (Lipinski definition) is 3. The van der Waals surface area contributed by atoms with E-state index in [1.54, 1.807) is 0 Å². The number of thiol groups is 1. The summed E-state index contributed by atoms with van der Waals surface area (Å²) in [5.41, 5.74) is 0. The van der Waals surface area contributed by atoms with Crippen LogP contribution >= 0.6 is 0 Å². The van der Waals surface area contributed by atoms with Crippen LogP contribution in [0, 0.1) is 0 Å². The average molecular weight is 289 g/mol. The minimum absolute atomic E-state index is 0.113. The predicted molar refractivity (Wildman–Crippen MR) is 79.8 cm³/mol. The van der Waals surface area contributed by atoms with E-state index in [-0.39, 0.29) is 3.89 Å². The van der Waals surface area contributed by atoms with E-state index < -0.39 is 10.9 Å². The fourth-order valence-electron chi connectivity index (χ4n) is 2.59.